The van der Waals surface area contributed by atoms with Crippen molar-refractivity contribution in [2.24, 2.45) is 0 Å². The Morgan fingerprint density at radius 2 is 2.35 bits per heavy atom. The lowest BCUT2D eigenvalue weighted by Gasteiger charge is -2.04. The molecule has 108 valence electrons. The van der Waals surface area contributed by atoms with Crippen molar-refractivity contribution in [3.8, 4) is 0 Å². The van der Waals surface area contributed by atoms with Gasteiger partial charge in [-0.15, -0.1) is 0 Å². The molecule has 0 aromatic carbocycles. The summed E-state index contributed by atoms with van der Waals surface area (Å²) in [6, 6.07) is 1.42. The molecule has 0 unspecified atom stereocenters. The number of rotatable bonds is 8. The highest BCUT2D eigenvalue weighted by Crippen LogP contribution is 2.21. The van der Waals surface area contributed by atoms with Crippen LogP contribution in [0, 0.1) is 10.1 Å². The standard InChI is InChI=1S/C11H15N5O3S/c17-5-8-9(15-7-14-8)6-20-4-3-13-11-10(16(18)19)1-2-12-11/h1-2,7,12-13,17H,3-6H2,(H,14,15). The predicted octanol–water partition coefficient (Wildman–Crippen LogP) is 1.48. The fourth-order valence-corrected chi connectivity index (χ4v) is 2.52. The molecule has 2 rings (SSSR count). The van der Waals surface area contributed by atoms with E-state index in [9.17, 15) is 10.1 Å². The van der Waals surface area contributed by atoms with Crippen LogP contribution in [-0.4, -0.2) is 37.3 Å². The fraction of sp³-hybridized carbons (Fsp3) is 0.364. The highest BCUT2D eigenvalue weighted by Gasteiger charge is 2.13. The van der Waals surface area contributed by atoms with Crippen molar-refractivity contribution in [3.63, 3.8) is 0 Å². The van der Waals surface area contributed by atoms with Crippen LogP contribution in [0.4, 0.5) is 11.5 Å². The smallest absolute Gasteiger partial charge is 0.310 e. The highest BCUT2D eigenvalue weighted by molar-refractivity contribution is 7.98. The summed E-state index contributed by atoms with van der Waals surface area (Å²) in [5.74, 6) is 1.88. The number of nitrogens with zero attached hydrogens (tertiary/aromatic N) is 2. The van der Waals surface area contributed by atoms with Gasteiger partial charge in [0.15, 0.2) is 5.82 Å². The molecule has 0 fully saturated rings. The second-order valence-corrected chi connectivity index (χ2v) is 5.07. The Morgan fingerprint density at radius 3 is 3.10 bits per heavy atom. The van der Waals surface area contributed by atoms with E-state index in [2.05, 4.69) is 20.3 Å². The average molecular weight is 297 g/mol. The molecule has 0 bridgehead atoms. The summed E-state index contributed by atoms with van der Waals surface area (Å²) in [5.41, 5.74) is 1.61. The largest absolute Gasteiger partial charge is 0.390 e. The van der Waals surface area contributed by atoms with E-state index in [-0.39, 0.29) is 12.3 Å². The number of anilines is 1. The quantitative estimate of drug-likeness (QED) is 0.333. The number of hydrogen-bond donors (Lipinski definition) is 4. The average Bonchev–Trinajstić information content (AvgIpc) is 3.06. The zero-order valence-electron chi connectivity index (χ0n) is 10.6. The molecule has 0 atom stereocenters. The SMILES string of the molecule is O=[N+]([O-])c1cc[nH]c1NCCSCc1nc[nH]c1CO. The second-order valence-electron chi connectivity index (χ2n) is 3.96. The molecule has 2 aromatic heterocycles. The van der Waals surface area contributed by atoms with Crippen LogP contribution in [0.1, 0.15) is 11.4 Å². The molecule has 0 aliphatic rings. The highest BCUT2D eigenvalue weighted by atomic mass is 32.2. The molecular formula is C11H15N5O3S. The topological polar surface area (TPSA) is 120 Å². The molecule has 0 saturated heterocycles. The molecule has 2 heterocycles. The van der Waals surface area contributed by atoms with E-state index < -0.39 is 4.92 Å². The summed E-state index contributed by atoms with van der Waals surface area (Å²) < 4.78 is 0. The summed E-state index contributed by atoms with van der Waals surface area (Å²) in [4.78, 5) is 20.1. The first-order valence-electron chi connectivity index (χ1n) is 5.97. The molecule has 0 amide bonds. The van der Waals surface area contributed by atoms with Crippen molar-refractivity contribution in [1.82, 2.24) is 15.0 Å². The number of aliphatic hydroxyl groups excluding tert-OH is 1. The number of thioether (sulfide) groups is 1. The van der Waals surface area contributed by atoms with Crippen LogP contribution in [0.5, 0.6) is 0 Å². The van der Waals surface area contributed by atoms with Gasteiger partial charge in [0, 0.05) is 30.3 Å². The Morgan fingerprint density at radius 1 is 1.50 bits per heavy atom. The summed E-state index contributed by atoms with van der Waals surface area (Å²) in [6.45, 7) is 0.549. The number of nitrogens with one attached hydrogen (secondary N) is 3. The Hall–Kier alpha value is -2.00. The number of imidazole rings is 1. The van der Waals surface area contributed by atoms with E-state index in [0.29, 0.717) is 18.1 Å². The fourth-order valence-electron chi connectivity index (χ4n) is 1.68. The van der Waals surface area contributed by atoms with Gasteiger partial charge in [-0.05, 0) is 0 Å². The van der Waals surface area contributed by atoms with Gasteiger partial charge in [0.2, 0.25) is 0 Å². The Kier molecular flexibility index (Phi) is 5.02. The second kappa shape index (κ2) is 6.96. The molecule has 9 heteroatoms. The van der Waals surface area contributed by atoms with Crippen molar-refractivity contribution in [1.29, 1.82) is 0 Å². The molecule has 0 saturated carbocycles. The Balaban J connectivity index is 1.72. The number of aromatic nitrogens is 3. The summed E-state index contributed by atoms with van der Waals surface area (Å²) in [7, 11) is 0. The van der Waals surface area contributed by atoms with Gasteiger partial charge in [0.25, 0.3) is 0 Å². The summed E-state index contributed by atoms with van der Waals surface area (Å²) in [5, 5.41) is 22.7. The third kappa shape index (κ3) is 3.52. The van der Waals surface area contributed by atoms with Gasteiger partial charge in [-0.3, -0.25) is 10.1 Å². The zero-order valence-corrected chi connectivity index (χ0v) is 11.4. The van der Waals surface area contributed by atoms with Crippen LogP contribution >= 0.6 is 11.8 Å². The van der Waals surface area contributed by atoms with E-state index in [1.54, 1.807) is 18.1 Å². The van der Waals surface area contributed by atoms with E-state index >= 15 is 0 Å². The van der Waals surface area contributed by atoms with E-state index in [4.69, 9.17) is 5.11 Å². The third-order valence-electron chi connectivity index (χ3n) is 2.67. The summed E-state index contributed by atoms with van der Waals surface area (Å²) >= 11 is 1.64. The molecule has 4 N–H and O–H groups in total. The molecule has 0 spiro atoms. The molecule has 0 radical (unpaired) electrons. The first-order chi connectivity index (χ1) is 9.72. The van der Waals surface area contributed by atoms with Gasteiger partial charge in [-0.2, -0.15) is 11.8 Å². The first-order valence-corrected chi connectivity index (χ1v) is 7.13. The molecule has 20 heavy (non-hydrogen) atoms. The zero-order chi connectivity index (χ0) is 14.4. The van der Waals surface area contributed by atoms with Crippen molar-refractivity contribution < 1.29 is 10.0 Å². The van der Waals surface area contributed by atoms with E-state index in [1.807, 2.05) is 0 Å². The first kappa shape index (κ1) is 14.4. The molecule has 8 nitrogen and oxygen atoms in total. The van der Waals surface area contributed by atoms with Crippen molar-refractivity contribution in [3.05, 3.63) is 40.1 Å². The van der Waals surface area contributed by atoms with Gasteiger partial charge in [0.05, 0.1) is 29.2 Å². The van der Waals surface area contributed by atoms with E-state index in [0.717, 1.165) is 17.1 Å². The lowest BCUT2D eigenvalue weighted by atomic mass is 10.4. The van der Waals surface area contributed by atoms with Crippen LogP contribution in [0.3, 0.4) is 0 Å². The van der Waals surface area contributed by atoms with Crippen LogP contribution < -0.4 is 5.32 Å². The Bertz CT molecular complexity index is 568. The summed E-state index contributed by atoms with van der Waals surface area (Å²) in [6.07, 6.45) is 3.09. The van der Waals surface area contributed by atoms with Crippen LogP contribution in [-0.2, 0) is 12.4 Å². The number of nitro groups is 1. The van der Waals surface area contributed by atoms with Gasteiger partial charge in [-0.25, -0.2) is 4.98 Å². The normalized spacial score (nSPS) is 10.7. The van der Waals surface area contributed by atoms with Crippen molar-refractivity contribution in [2.45, 2.75) is 12.4 Å². The predicted molar refractivity (Wildman–Crippen MR) is 76.6 cm³/mol. The lowest BCUT2D eigenvalue weighted by molar-refractivity contribution is -0.383. The van der Waals surface area contributed by atoms with Crippen LogP contribution in [0.15, 0.2) is 18.6 Å². The van der Waals surface area contributed by atoms with Gasteiger partial charge >= 0.3 is 5.69 Å². The number of aliphatic hydroxyl groups is 1. The van der Waals surface area contributed by atoms with E-state index in [1.165, 1.54) is 12.3 Å². The number of hydrogen-bond acceptors (Lipinski definition) is 6. The van der Waals surface area contributed by atoms with Crippen molar-refractivity contribution >= 4 is 23.3 Å². The minimum Gasteiger partial charge on any atom is -0.390 e. The molecule has 0 aliphatic carbocycles. The van der Waals surface area contributed by atoms with Crippen molar-refractivity contribution in [2.75, 3.05) is 17.6 Å². The number of aromatic amines is 2. The molecule has 0 aliphatic heterocycles. The maximum atomic E-state index is 10.7. The minimum absolute atomic E-state index is 0.0462. The van der Waals surface area contributed by atoms with Gasteiger partial charge in [0.1, 0.15) is 0 Å². The minimum atomic E-state index is -0.427. The maximum Gasteiger partial charge on any atom is 0.310 e. The maximum absolute atomic E-state index is 10.7. The van der Waals surface area contributed by atoms with Gasteiger partial charge < -0.3 is 20.4 Å². The third-order valence-corrected chi connectivity index (χ3v) is 3.64. The van der Waals surface area contributed by atoms with Crippen LogP contribution in [0.2, 0.25) is 0 Å². The lowest BCUT2D eigenvalue weighted by Crippen LogP contribution is -2.06. The van der Waals surface area contributed by atoms with Crippen LogP contribution in [0.25, 0.3) is 0 Å². The number of H-pyrrole nitrogens is 2. The monoisotopic (exact) mass is 297 g/mol. The molecule has 2 aromatic rings. The van der Waals surface area contributed by atoms with Gasteiger partial charge in [-0.1, -0.05) is 0 Å². The Labute approximate surface area is 119 Å². The molecular weight excluding hydrogens is 282 g/mol.